The number of ether oxygens (including phenoxy) is 3. The third-order valence-corrected chi connectivity index (χ3v) is 5.68. The van der Waals surface area contributed by atoms with Crippen LogP contribution in [0.5, 0.6) is 17.2 Å². The van der Waals surface area contributed by atoms with E-state index >= 15 is 0 Å². The lowest BCUT2D eigenvalue weighted by Gasteiger charge is -2.22. The molecule has 0 aliphatic carbocycles. The first-order valence-electron chi connectivity index (χ1n) is 11.1. The average Bonchev–Trinajstić information content (AvgIpc) is 2.95. The van der Waals surface area contributed by atoms with E-state index in [4.69, 9.17) is 14.2 Å². The number of nitrogens with zero attached hydrogens (tertiary/aromatic N) is 1. The molecule has 3 aromatic rings. The largest absolute Gasteiger partial charge is 0.497 e. The summed E-state index contributed by atoms with van der Waals surface area (Å²) in [5, 5.41) is 2.95. The van der Waals surface area contributed by atoms with Crippen molar-refractivity contribution in [1.29, 1.82) is 0 Å². The van der Waals surface area contributed by atoms with Crippen molar-refractivity contribution in [2.75, 3.05) is 19.5 Å². The van der Waals surface area contributed by atoms with Crippen molar-refractivity contribution in [3.63, 3.8) is 0 Å². The van der Waals surface area contributed by atoms with Gasteiger partial charge in [0.25, 0.3) is 5.91 Å². The number of hydrogen-bond acceptors (Lipinski definition) is 5. The predicted molar refractivity (Wildman–Crippen MR) is 129 cm³/mol. The van der Waals surface area contributed by atoms with E-state index in [1.807, 2.05) is 54.6 Å². The molecule has 0 aromatic heterocycles. The highest BCUT2D eigenvalue weighted by molar-refractivity contribution is 5.92. The van der Waals surface area contributed by atoms with E-state index in [9.17, 15) is 9.59 Å². The number of carbonyl (C=O) groups excluding carboxylic acids is 2. The fraction of sp³-hybridized carbons (Fsp3) is 0.259. The number of anilines is 1. The Hall–Kier alpha value is -4.00. The van der Waals surface area contributed by atoms with Crippen molar-refractivity contribution in [2.45, 2.75) is 32.5 Å². The number of amides is 2. The van der Waals surface area contributed by atoms with Crippen molar-refractivity contribution < 1.29 is 23.8 Å². The quantitative estimate of drug-likeness (QED) is 0.572. The van der Waals surface area contributed by atoms with Crippen LogP contribution >= 0.6 is 0 Å². The van der Waals surface area contributed by atoms with E-state index in [-0.39, 0.29) is 18.2 Å². The first-order valence-corrected chi connectivity index (χ1v) is 11.1. The van der Waals surface area contributed by atoms with Gasteiger partial charge in [0.1, 0.15) is 17.2 Å². The molecule has 1 N–H and O–H groups in total. The topological polar surface area (TPSA) is 77.1 Å². The normalized spacial score (nSPS) is 15.1. The molecule has 176 valence electrons. The van der Waals surface area contributed by atoms with E-state index in [0.29, 0.717) is 30.3 Å². The zero-order valence-corrected chi connectivity index (χ0v) is 19.5. The van der Waals surface area contributed by atoms with Crippen molar-refractivity contribution >= 4 is 17.5 Å². The maximum absolute atomic E-state index is 13.0. The lowest BCUT2D eigenvalue weighted by atomic mass is 10.1. The number of hydrogen-bond donors (Lipinski definition) is 1. The van der Waals surface area contributed by atoms with Crippen LogP contribution in [0.15, 0.2) is 66.7 Å². The van der Waals surface area contributed by atoms with Gasteiger partial charge in [-0.3, -0.25) is 9.59 Å². The molecular formula is C27H28N2O5. The zero-order valence-electron chi connectivity index (χ0n) is 19.5. The first kappa shape index (κ1) is 23.2. The maximum atomic E-state index is 13.0. The van der Waals surface area contributed by atoms with Crippen LogP contribution in [0.25, 0.3) is 0 Å². The molecule has 3 aromatic carbocycles. The Bertz CT molecular complexity index is 1190. The molecule has 7 heteroatoms. The molecule has 2 amide bonds. The second kappa shape index (κ2) is 10.3. The molecule has 0 radical (unpaired) electrons. The van der Waals surface area contributed by atoms with Gasteiger partial charge in [0.2, 0.25) is 5.91 Å². The van der Waals surface area contributed by atoms with E-state index in [1.54, 1.807) is 38.2 Å². The molecular weight excluding hydrogens is 432 g/mol. The number of benzene rings is 3. The second-order valence-corrected chi connectivity index (χ2v) is 8.20. The van der Waals surface area contributed by atoms with Crippen LogP contribution in [0.4, 0.5) is 5.69 Å². The molecule has 34 heavy (non-hydrogen) atoms. The van der Waals surface area contributed by atoms with Gasteiger partial charge in [0.15, 0.2) is 6.10 Å². The maximum Gasteiger partial charge on any atom is 0.263 e. The van der Waals surface area contributed by atoms with Crippen LogP contribution in [-0.2, 0) is 29.1 Å². The summed E-state index contributed by atoms with van der Waals surface area (Å²) in [6, 6.07) is 20.5. The monoisotopic (exact) mass is 460 g/mol. The average molecular weight is 461 g/mol. The Morgan fingerprint density at radius 2 is 1.68 bits per heavy atom. The van der Waals surface area contributed by atoms with Crippen molar-refractivity contribution in [3.8, 4) is 17.2 Å². The van der Waals surface area contributed by atoms with E-state index in [1.165, 1.54) is 0 Å². The molecule has 1 unspecified atom stereocenters. The Balaban J connectivity index is 1.50. The van der Waals surface area contributed by atoms with Gasteiger partial charge in [-0.25, -0.2) is 0 Å². The Kier molecular flexibility index (Phi) is 7.01. The minimum atomic E-state index is -0.611. The summed E-state index contributed by atoms with van der Waals surface area (Å²) >= 11 is 0. The van der Waals surface area contributed by atoms with Gasteiger partial charge in [-0.2, -0.15) is 0 Å². The van der Waals surface area contributed by atoms with Gasteiger partial charge in [0, 0.05) is 24.3 Å². The SMILES string of the molecule is COc1cccc(CC(=O)Nc2ccc3c(c2)CN(Cc2cccc(OC)c2)C(=O)C(C)O3)c1. The summed E-state index contributed by atoms with van der Waals surface area (Å²) in [6.45, 7) is 2.55. The number of carbonyl (C=O) groups is 2. The number of rotatable bonds is 7. The lowest BCUT2D eigenvalue weighted by molar-refractivity contribution is -0.138. The van der Waals surface area contributed by atoms with Gasteiger partial charge >= 0.3 is 0 Å². The number of methoxy groups -OCH3 is 2. The van der Waals surface area contributed by atoms with Crippen molar-refractivity contribution in [3.05, 3.63) is 83.4 Å². The molecule has 0 saturated heterocycles. The fourth-order valence-corrected chi connectivity index (χ4v) is 3.98. The Morgan fingerprint density at radius 3 is 2.38 bits per heavy atom. The van der Waals surface area contributed by atoms with Crippen molar-refractivity contribution in [1.82, 2.24) is 4.90 Å². The summed E-state index contributed by atoms with van der Waals surface area (Å²) in [5.74, 6) is 1.86. The molecule has 4 rings (SSSR count). The summed E-state index contributed by atoms with van der Waals surface area (Å²) in [4.78, 5) is 27.4. The minimum Gasteiger partial charge on any atom is -0.497 e. The van der Waals surface area contributed by atoms with E-state index in [0.717, 1.165) is 22.4 Å². The van der Waals surface area contributed by atoms with Crippen LogP contribution < -0.4 is 19.5 Å². The summed E-state index contributed by atoms with van der Waals surface area (Å²) in [7, 11) is 3.21. The molecule has 1 heterocycles. The van der Waals surface area contributed by atoms with Crippen LogP contribution in [0.1, 0.15) is 23.6 Å². The van der Waals surface area contributed by atoms with Crippen LogP contribution in [-0.4, -0.2) is 37.0 Å². The molecule has 1 aliphatic rings. The zero-order chi connectivity index (χ0) is 24.1. The third kappa shape index (κ3) is 5.49. The smallest absolute Gasteiger partial charge is 0.263 e. The van der Waals surface area contributed by atoms with Crippen LogP contribution in [0, 0.1) is 0 Å². The highest BCUT2D eigenvalue weighted by Crippen LogP contribution is 2.30. The molecule has 0 spiro atoms. The molecule has 0 fully saturated rings. The van der Waals surface area contributed by atoms with Crippen LogP contribution in [0.3, 0.4) is 0 Å². The molecule has 7 nitrogen and oxygen atoms in total. The second-order valence-electron chi connectivity index (χ2n) is 8.20. The van der Waals surface area contributed by atoms with Gasteiger partial charge in [-0.05, 0) is 60.5 Å². The predicted octanol–water partition coefficient (Wildman–Crippen LogP) is 4.19. The van der Waals surface area contributed by atoms with Crippen molar-refractivity contribution in [2.24, 2.45) is 0 Å². The van der Waals surface area contributed by atoms with Gasteiger partial charge < -0.3 is 24.4 Å². The summed E-state index contributed by atoms with van der Waals surface area (Å²) < 4.78 is 16.5. The van der Waals surface area contributed by atoms with E-state index in [2.05, 4.69) is 5.32 Å². The minimum absolute atomic E-state index is 0.0948. The fourth-order valence-electron chi connectivity index (χ4n) is 3.98. The summed E-state index contributed by atoms with van der Waals surface area (Å²) in [5.41, 5.74) is 3.31. The number of fused-ring (bicyclic) bond motifs is 1. The highest BCUT2D eigenvalue weighted by Gasteiger charge is 2.28. The number of nitrogens with one attached hydrogen (secondary N) is 1. The Labute approximate surface area is 199 Å². The van der Waals surface area contributed by atoms with Gasteiger partial charge in [-0.1, -0.05) is 24.3 Å². The molecule has 1 atom stereocenters. The van der Waals surface area contributed by atoms with Gasteiger partial charge in [-0.15, -0.1) is 0 Å². The lowest BCUT2D eigenvalue weighted by Crippen LogP contribution is -2.37. The standard InChI is InChI=1S/C27H28N2O5/c1-18-27(31)29(16-20-7-5-9-24(13-20)33-3)17-21-15-22(10-11-25(21)34-18)28-26(30)14-19-6-4-8-23(12-19)32-2/h4-13,15,18H,14,16-17H2,1-3H3,(H,28,30). The molecule has 0 saturated carbocycles. The van der Waals surface area contributed by atoms with E-state index < -0.39 is 6.10 Å². The Morgan fingerprint density at radius 1 is 1.00 bits per heavy atom. The van der Waals surface area contributed by atoms with Gasteiger partial charge in [0.05, 0.1) is 20.6 Å². The molecule has 0 bridgehead atoms. The first-order chi connectivity index (χ1) is 16.4. The van der Waals surface area contributed by atoms with Crippen LogP contribution in [0.2, 0.25) is 0 Å². The third-order valence-electron chi connectivity index (χ3n) is 5.68. The summed E-state index contributed by atoms with van der Waals surface area (Å²) in [6.07, 6.45) is -0.386. The highest BCUT2D eigenvalue weighted by atomic mass is 16.5. The molecule has 1 aliphatic heterocycles.